The maximum absolute atomic E-state index is 13.5. The lowest BCUT2D eigenvalue weighted by Gasteiger charge is -2.47. The van der Waals surface area contributed by atoms with Gasteiger partial charge < -0.3 is 79.2 Å². The molecule has 2 fully saturated rings. The first kappa shape index (κ1) is 49.5. The Kier molecular flexibility index (Phi) is 18.2. The summed E-state index contributed by atoms with van der Waals surface area (Å²) in [6.45, 7) is -1.45. The first-order chi connectivity index (χ1) is 29.3. The summed E-state index contributed by atoms with van der Waals surface area (Å²) in [6, 6.07) is -2.57. The number of hydrogen-bond acceptors (Lipinski definition) is 19. The van der Waals surface area contributed by atoms with Crippen molar-refractivity contribution in [3.05, 3.63) is 65.7 Å². The van der Waals surface area contributed by atoms with Crippen molar-refractivity contribution in [3.8, 4) is 0 Å². The van der Waals surface area contributed by atoms with Gasteiger partial charge in [-0.2, -0.15) is 0 Å². The van der Waals surface area contributed by atoms with Crippen LogP contribution in [0.5, 0.6) is 0 Å². The van der Waals surface area contributed by atoms with E-state index in [1.165, 1.54) is 13.1 Å². The summed E-state index contributed by atoms with van der Waals surface area (Å²) in [4.78, 5) is 107. The van der Waals surface area contributed by atoms with Gasteiger partial charge in [0, 0.05) is 81.9 Å². The van der Waals surface area contributed by atoms with E-state index in [0.717, 1.165) is 31.2 Å². The molecule has 27 heteroatoms. The number of aromatic nitrogens is 4. The number of carbonyl (C=O) groups is 4. The number of hydrogen-bond donors (Lipinski definition) is 13. The Morgan fingerprint density at radius 2 is 1.45 bits per heavy atom. The number of carbonyl (C=O) groups excluding carboxylic acids is 4. The largest absolute Gasteiger partial charge is 0.390 e. The number of aryl methyl sites for hydroxylation is 1. The predicted octanol–water partition coefficient (Wildman–Crippen LogP) is -10.3. The zero-order valence-electron chi connectivity index (χ0n) is 34.1. The molecule has 3 heterocycles. The lowest BCUT2D eigenvalue weighted by molar-refractivity contribution is -0.279. The smallest absolute Gasteiger partial charge is 0.328 e. The number of nitrogens with two attached hydrogens (primary N) is 5. The lowest BCUT2D eigenvalue weighted by Crippen LogP contribution is -2.70. The topological polar surface area (TPSA) is 430 Å². The predicted molar refractivity (Wildman–Crippen MR) is 217 cm³/mol. The van der Waals surface area contributed by atoms with Crippen molar-refractivity contribution in [3.63, 3.8) is 0 Å². The van der Waals surface area contributed by atoms with Crippen molar-refractivity contribution >= 4 is 23.6 Å². The number of aliphatic hydroxyl groups excluding tert-OH is 3. The number of amides is 4. The van der Waals surface area contributed by atoms with Gasteiger partial charge in [0.25, 0.3) is 11.1 Å². The van der Waals surface area contributed by atoms with Crippen LogP contribution in [0.3, 0.4) is 0 Å². The number of nitrogens with one attached hydrogen (secondary N) is 5. The van der Waals surface area contributed by atoms with Crippen LogP contribution in [0.15, 0.2) is 37.6 Å². The average molecular weight is 883 g/mol. The fourth-order valence-electron chi connectivity index (χ4n) is 6.93. The van der Waals surface area contributed by atoms with Gasteiger partial charge in [-0.05, 0) is 13.3 Å². The van der Waals surface area contributed by atoms with Crippen molar-refractivity contribution in [1.29, 1.82) is 0 Å². The standard InChI is InChI=1S/C35H58N14O13/c1-17-12-49(35(60)45-32(17)58)16-25(54)47(9-6-42-23(52)13-46(8-3-36)24(53)15-48-7-2-21(50)44-34(48)59)14-22(51)41-4-5-43-27-28(55)18(38)10-19(39)31(27)62-33-26(40)30(57)29(56)20(11-37)61-33/h2,7,12,18-20,26-31,33,43,55-57H,3-6,8-11,13-16,36-40H2,1H3,(H,41,51)(H,42,52)(H,44,50,59)(H,45,58,60)/t18-,19+,20-,26-,27+,28+,29-,30-,31-,33-/m1/s1. The van der Waals surface area contributed by atoms with Crippen LogP contribution in [-0.4, -0.2) is 188 Å². The highest BCUT2D eigenvalue weighted by Gasteiger charge is 2.48. The second-order valence-electron chi connectivity index (χ2n) is 15.0. The van der Waals surface area contributed by atoms with Crippen LogP contribution in [0.25, 0.3) is 0 Å². The number of nitrogens with zero attached hydrogens (tertiary/aromatic N) is 4. The normalized spacial score (nSPS) is 26.1. The summed E-state index contributed by atoms with van der Waals surface area (Å²) in [6.07, 6.45) is -4.76. The van der Waals surface area contributed by atoms with Gasteiger partial charge in [-0.3, -0.25) is 47.9 Å². The molecular weight excluding hydrogens is 824 g/mol. The highest BCUT2D eigenvalue weighted by molar-refractivity contribution is 5.86. The first-order valence-corrected chi connectivity index (χ1v) is 19.8. The van der Waals surface area contributed by atoms with Crippen molar-refractivity contribution < 1.29 is 44.0 Å². The van der Waals surface area contributed by atoms with Crippen LogP contribution in [0.4, 0.5) is 0 Å². The summed E-state index contributed by atoms with van der Waals surface area (Å²) < 4.78 is 13.7. The summed E-state index contributed by atoms with van der Waals surface area (Å²) in [5.41, 5.74) is 27.0. The van der Waals surface area contributed by atoms with Gasteiger partial charge in [0.05, 0.1) is 37.4 Å². The highest BCUT2D eigenvalue weighted by Crippen LogP contribution is 2.27. The van der Waals surface area contributed by atoms with Gasteiger partial charge in [0.2, 0.25) is 23.6 Å². The summed E-state index contributed by atoms with van der Waals surface area (Å²) in [7, 11) is 0. The van der Waals surface area contributed by atoms with Crippen LogP contribution in [0.2, 0.25) is 0 Å². The molecule has 10 atom stereocenters. The van der Waals surface area contributed by atoms with Crippen molar-refractivity contribution in [1.82, 2.24) is 44.9 Å². The Morgan fingerprint density at radius 3 is 2.08 bits per heavy atom. The van der Waals surface area contributed by atoms with Crippen LogP contribution >= 0.6 is 0 Å². The van der Waals surface area contributed by atoms with E-state index in [4.69, 9.17) is 38.1 Å². The quantitative estimate of drug-likeness (QED) is 0.0549. The van der Waals surface area contributed by atoms with Crippen molar-refractivity contribution in [2.24, 2.45) is 28.7 Å². The molecule has 0 unspecified atom stereocenters. The van der Waals surface area contributed by atoms with Crippen molar-refractivity contribution in [2.45, 2.75) is 87.4 Å². The molecule has 0 spiro atoms. The second-order valence-corrected chi connectivity index (χ2v) is 15.0. The van der Waals surface area contributed by atoms with E-state index >= 15 is 0 Å². The zero-order chi connectivity index (χ0) is 45.8. The van der Waals surface area contributed by atoms with Crippen LogP contribution in [-0.2, 0) is 41.7 Å². The third kappa shape index (κ3) is 13.2. The summed E-state index contributed by atoms with van der Waals surface area (Å²) >= 11 is 0. The molecule has 2 aromatic heterocycles. The molecule has 2 aliphatic rings. The molecule has 1 saturated heterocycles. The Hall–Kier alpha value is -5.20. The highest BCUT2D eigenvalue weighted by atomic mass is 16.7. The molecule has 4 rings (SSSR count). The van der Waals surface area contributed by atoms with E-state index in [1.54, 1.807) is 0 Å². The maximum Gasteiger partial charge on any atom is 0.328 e. The molecule has 18 N–H and O–H groups in total. The molecule has 2 aromatic rings. The van der Waals surface area contributed by atoms with Gasteiger partial charge in [-0.25, -0.2) is 9.59 Å². The number of rotatable bonds is 20. The first-order valence-electron chi connectivity index (χ1n) is 19.8. The van der Waals surface area contributed by atoms with E-state index in [1.807, 2.05) is 4.98 Å². The van der Waals surface area contributed by atoms with Gasteiger partial charge in [0.1, 0.15) is 31.4 Å². The summed E-state index contributed by atoms with van der Waals surface area (Å²) in [5.74, 6) is -2.73. The third-order valence-electron chi connectivity index (χ3n) is 10.4. The number of H-pyrrole nitrogens is 2. The molecule has 27 nitrogen and oxygen atoms in total. The van der Waals surface area contributed by atoms with E-state index < -0.39 is 133 Å². The fraction of sp³-hybridized carbons (Fsp3) is 0.657. The molecule has 1 saturated carbocycles. The molecule has 1 aliphatic carbocycles. The molecule has 1 aliphatic heterocycles. The second kappa shape index (κ2) is 22.8. The monoisotopic (exact) mass is 882 g/mol. The van der Waals surface area contributed by atoms with E-state index in [9.17, 15) is 53.7 Å². The van der Waals surface area contributed by atoms with Crippen molar-refractivity contribution in [2.75, 3.05) is 58.9 Å². The molecule has 62 heavy (non-hydrogen) atoms. The minimum atomic E-state index is -1.43. The minimum Gasteiger partial charge on any atom is -0.390 e. The van der Waals surface area contributed by atoms with Gasteiger partial charge >= 0.3 is 11.4 Å². The Morgan fingerprint density at radius 1 is 0.839 bits per heavy atom. The average Bonchev–Trinajstić information content (AvgIpc) is 3.21. The minimum absolute atomic E-state index is 0.0159. The van der Waals surface area contributed by atoms with Gasteiger partial charge in [-0.15, -0.1) is 0 Å². The number of aromatic amines is 2. The molecule has 4 amide bonds. The van der Waals surface area contributed by atoms with Crippen LogP contribution < -0.4 is 67.1 Å². The molecule has 346 valence electrons. The SMILES string of the molecule is Cc1cn(CC(=O)N(CCNC(=O)CN(CCN)C(=O)Cn2ccc(=O)[nH]c2=O)CC(=O)NCCN[C@H]2[C@@H](O)[C@H](N)C[C@H](N)[C@H]2O[C@H]2O[C@H](CN)[C@@H](O)[C@H](O)[C@H]2N)c(=O)[nH]c1=O. The van der Waals surface area contributed by atoms with Gasteiger partial charge in [0.15, 0.2) is 6.29 Å². The fourth-order valence-corrected chi connectivity index (χ4v) is 6.93. The van der Waals surface area contributed by atoms with Gasteiger partial charge in [-0.1, -0.05) is 0 Å². The number of ether oxygens (including phenoxy) is 2. The molecular formula is C35H58N14O13. The van der Waals surface area contributed by atoms with Crippen LogP contribution in [0, 0.1) is 6.92 Å². The third-order valence-corrected chi connectivity index (χ3v) is 10.4. The zero-order valence-corrected chi connectivity index (χ0v) is 34.1. The van der Waals surface area contributed by atoms with Crippen LogP contribution in [0.1, 0.15) is 12.0 Å². The molecule has 0 bridgehead atoms. The Labute approximate surface area is 352 Å². The molecule has 0 radical (unpaired) electrons. The number of aliphatic hydroxyl groups is 3. The molecule has 0 aromatic carbocycles. The lowest BCUT2D eigenvalue weighted by atomic mass is 9.82. The maximum atomic E-state index is 13.5. The van der Waals surface area contributed by atoms with E-state index in [2.05, 4.69) is 20.9 Å². The summed E-state index contributed by atoms with van der Waals surface area (Å²) in [5, 5.41) is 40.0. The Bertz CT molecular complexity index is 2090. The van der Waals surface area contributed by atoms with E-state index in [0.29, 0.717) is 0 Å². The van der Waals surface area contributed by atoms with E-state index in [-0.39, 0.29) is 57.8 Å². The Balaban J connectivity index is 1.37.